The van der Waals surface area contributed by atoms with Gasteiger partial charge >= 0.3 is 0 Å². The van der Waals surface area contributed by atoms with Crippen LogP contribution in [0.15, 0.2) is 90.0 Å². The van der Waals surface area contributed by atoms with Gasteiger partial charge in [-0.15, -0.1) is 0 Å². The SMILES string of the molecule is COc1ccc(N(CC(=O)Nc2cccc3cccnc23)S(=O)(=O)c2ccc(C)cc2)cc1. The summed E-state index contributed by atoms with van der Waals surface area (Å²) >= 11 is 0. The van der Waals surface area contributed by atoms with Crippen LogP contribution in [0.5, 0.6) is 5.75 Å². The number of pyridine rings is 1. The number of hydrogen-bond donors (Lipinski definition) is 1. The van der Waals surface area contributed by atoms with Crippen molar-refractivity contribution in [2.45, 2.75) is 11.8 Å². The number of carbonyl (C=O) groups excluding carboxylic acids is 1. The highest BCUT2D eigenvalue weighted by atomic mass is 32.2. The van der Waals surface area contributed by atoms with Gasteiger partial charge in [-0.05, 0) is 55.5 Å². The van der Waals surface area contributed by atoms with E-state index in [-0.39, 0.29) is 4.90 Å². The lowest BCUT2D eigenvalue weighted by molar-refractivity contribution is -0.114. The summed E-state index contributed by atoms with van der Waals surface area (Å²) in [6.07, 6.45) is 1.64. The largest absolute Gasteiger partial charge is 0.497 e. The van der Waals surface area contributed by atoms with Gasteiger partial charge in [0.2, 0.25) is 5.91 Å². The van der Waals surface area contributed by atoms with Gasteiger partial charge in [0.25, 0.3) is 10.0 Å². The Morgan fingerprint density at radius 2 is 1.67 bits per heavy atom. The number of amides is 1. The Hall–Kier alpha value is -3.91. The number of anilines is 2. The van der Waals surface area contributed by atoms with E-state index in [0.29, 0.717) is 22.6 Å². The van der Waals surface area contributed by atoms with Crippen molar-refractivity contribution >= 4 is 38.2 Å². The Morgan fingerprint density at radius 1 is 0.970 bits per heavy atom. The topological polar surface area (TPSA) is 88.6 Å². The lowest BCUT2D eigenvalue weighted by atomic mass is 10.2. The second kappa shape index (κ2) is 9.30. The zero-order chi connectivity index (χ0) is 23.4. The number of benzene rings is 3. The Morgan fingerprint density at radius 3 is 2.36 bits per heavy atom. The molecule has 0 bridgehead atoms. The summed E-state index contributed by atoms with van der Waals surface area (Å²) in [4.78, 5) is 17.5. The van der Waals surface area contributed by atoms with Crippen LogP contribution in [0.3, 0.4) is 0 Å². The van der Waals surface area contributed by atoms with Crippen molar-refractivity contribution in [2.75, 3.05) is 23.3 Å². The Balaban J connectivity index is 1.68. The summed E-state index contributed by atoms with van der Waals surface area (Å²) in [5.41, 5.74) is 2.43. The van der Waals surface area contributed by atoms with Crippen LogP contribution in [-0.2, 0) is 14.8 Å². The van der Waals surface area contributed by atoms with Crippen molar-refractivity contribution in [2.24, 2.45) is 0 Å². The molecule has 1 heterocycles. The Kier molecular flexibility index (Phi) is 6.28. The number of rotatable bonds is 7. The predicted molar refractivity (Wildman–Crippen MR) is 129 cm³/mol. The van der Waals surface area contributed by atoms with Gasteiger partial charge in [-0.3, -0.25) is 14.1 Å². The maximum Gasteiger partial charge on any atom is 0.264 e. The van der Waals surface area contributed by atoms with Crippen LogP contribution >= 0.6 is 0 Å². The average Bonchev–Trinajstić information content (AvgIpc) is 2.83. The summed E-state index contributed by atoms with van der Waals surface area (Å²) < 4.78 is 33.3. The number of carbonyl (C=O) groups is 1. The lowest BCUT2D eigenvalue weighted by Gasteiger charge is -2.24. The molecule has 0 atom stereocenters. The minimum absolute atomic E-state index is 0.101. The van der Waals surface area contributed by atoms with Gasteiger partial charge in [0.05, 0.1) is 28.9 Å². The molecule has 4 aromatic rings. The smallest absolute Gasteiger partial charge is 0.264 e. The van der Waals surface area contributed by atoms with Gasteiger partial charge in [-0.2, -0.15) is 0 Å². The molecule has 8 heteroatoms. The molecule has 0 aliphatic rings. The highest BCUT2D eigenvalue weighted by Gasteiger charge is 2.27. The van der Waals surface area contributed by atoms with Gasteiger partial charge in [-0.25, -0.2) is 8.42 Å². The average molecular weight is 462 g/mol. The van der Waals surface area contributed by atoms with Crippen LogP contribution in [-0.4, -0.2) is 33.0 Å². The van der Waals surface area contributed by atoms with E-state index < -0.39 is 22.5 Å². The fourth-order valence-corrected chi connectivity index (χ4v) is 4.85. The molecule has 0 aliphatic heterocycles. The molecule has 7 nitrogen and oxygen atoms in total. The van der Waals surface area contributed by atoms with Gasteiger partial charge in [0.15, 0.2) is 0 Å². The third-order valence-electron chi connectivity index (χ3n) is 5.16. The van der Waals surface area contributed by atoms with Gasteiger partial charge in [-0.1, -0.05) is 35.9 Å². The molecular weight excluding hydrogens is 438 g/mol. The zero-order valence-corrected chi connectivity index (χ0v) is 19.0. The van der Waals surface area contributed by atoms with E-state index >= 15 is 0 Å². The highest BCUT2D eigenvalue weighted by molar-refractivity contribution is 7.92. The van der Waals surface area contributed by atoms with Crippen molar-refractivity contribution < 1.29 is 17.9 Å². The van der Waals surface area contributed by atoms with Crippen molar-refractivity contribution in [1.82, 2.24) is 4.98 Å². The molecule has 0 unspecified atom stereocenters. The minimum Gasteiger partial charge on any atom is -0.497 e. The van der Waals surface area contributed by atoms with Crippen LogP contribution in [0, 0.1) is 6.92 Å². The van der Waals surface area contributed by atoms with Crippen LogP contribution in [0.2, 0.25) is 0 Å². The molecule has 33 heavy (non-hydrogen) atoms. The van der Waals surface area contributed by atoms with Crippen molar-refractivity contribution in [3.8, 4) is 5.75 Å². The lowest BCUT2D eigenvalue weighted by Crippen LogP contribution is -2.38. The standard InChI is InChI=1S/C25H23N3O4S/c1-18-8-14-22(15-9-18)33(30,31)28(20-10-12-21(32-2)13-11-20)17-24(29)27-23-7-3-5-19-6-4-16-26-25(19)23/h3-16H,17H2,1-2H3,(H,27,29). The summed E-state index contributed by atoms with van der Waals surface area (Å²) in [5.74, 6) is 0.0948. The number of aromatic nitrogens is 1. The first kappa shape index (κ1) is 22.3. The Labute approximate surface area is 192 Å². The van der Waals surface area contributed by atoms with Gasteiger partial charge < -0.3 is 10.1 Å². The molecule has 3 aromatic carbocycles. The highest BCUT2D eigenvalue weighted by Crippen LogP contribution is 2.27. The minimum atomic E-state index is -4.00. The molecule has 0 saturated heterocycles. The fourth-order valence-electron chi connectivity index (χ4n) is 3.43. The number of hydrogen-bond acceptors (Lipinski definition) is 5. The molecule has 1 N–H and O–H groups in total. The third-order valence-corrected chi connectivity index (χ3v) is 6.95. The number of aryl methyl sites for hydroxylation is 1. The van der Waals surface area contributed by atoms with Gasteiger partial charge in [0.1, 0.15) is 12.3 Å². The first-order valence-electron chi connectivity index (χ1n) is 10.3. The number of fused-ring (bicyclic) bond motifs is 1. The van der Waals surface area contributed by atoms with Crippen molar-refractivity contribution in [3.63, 3.8) is 0 Å². The molecule has 0 aliphatic carbocycles. The Bertz CT molecular complexity index is 1380. The van der Waals surface area contributed by atoms with Crippen LogP contribution in [0.1, 0.15) is 5.56 Å². The van der Waals surface area contributed by atoms with Crippen LogP contribution in [0.4, 0.5) is 11.4 Å². The molecular formula is C25H23N3O4S. The van der Waals surface area contributed by atoms with E-state index in [1.54, 1.807) is 48.7 Å². The molecule has 1 aromatic heterocycles. The normalized spacial score (nSPS) is 11.2. The summed E-state index contributed by atoms with van der Waals surface area (Å²) in [6.45, 7) is 1.47. The first-order chi connectivity index (χ1) is 15.9. The first-order valence-corrected chi connectivity index (χ1v) is 11.7. The van der Waals surface area contributed by atoms with Crippen molar-refractivity contribution in [3.05, 3.63) is 90.6 Å². The van der Waals surface area contributed by atoms with Crippen molar-refractivity contribution in [1.29, 1.82) is 0 Å². The van der Waals surface area contributed by atoms with E-state index in [1.165, 1.54) is 19.2 Å². The second-order valence-corrected chi connectivity index (χ2v) is 9.31. The van der Waals surface area contributed by atoms with Crippen LogP contribution in [0.25, 0.3) is 10.9 Å². The summed E-state index contributed by atoms with van der Waals surface area (Å²) in [5, 5.41) is 3.68. The predicted octanol–water partition coefficient (Wildman–Crippen LogP) is 4.39. The molecule has 1 amide bonds. The van der Waals surface area contributed by atoms with E-state index in [0.717, 1.165) is 15.3 Å². The maximum atomic E-state index is 13.5. The van der Waals surface area contributed by atoms with E-state index in [4.69, 9.17) is 4.74 Å². The quantitative estimate of drug-likeness (QED) is 0.441. The molecule has 0 fully saturated rings. The molecule has 0 saturated carbocycles. The van der Waals surface area contributed by atoms with Crippen LogP contribution < -0.4 is 14.4 Å². The number of para-hydroxylation sites is 1. The maximum absolute atomic E-state index is 13.5. The van der Waals surface area contributed by atoms with E-state index in [2.05, 4.69) is 10.3 Å². The molecule has 168 valence electrons. The third kappa shape index (κ3) is 4.80. The number of methoxy groups -OCH3 is 1. The number of nitrogens with zero attached hydrogens (tertiary/aromatic N) is 2. The summed E-state index contributed by atoms with van der Waals surface area (Å²) in [7, 11) is -2.47. The van der Waals surface area contributed by atoms with E-state index in [1.807, 2.05) is 31.2 Å². The molecule has 0 spiro atoms. The monoisotopic (exact) mass is 461 g/mol. The number of sulfonamides is 1. The van der Waals surface area contributed by atoms with E-state index in [9.17, 15) is 13.2 Å². The number of ether oxygens (including phenoxy) is 1. The number of nitrogens with one attached hydrogen (secondary N) is 1. The second-order valence-electron chi connectivity index (χ2n) is 7.45. The molecule has 0 radical (unpaired) electrons. The molecule has 4 rings (SSSR count). The zero-order valence-electron chi connectivity index (χ0n) is 18.2. The fraction of sp³-hybridized carbons (Fsp3) is 0.120. The van der Waals surface area contributed by atoms with Gasteiger partial charge in [0, 0.05) is 11.6 Å². The summed E-state index contributed by atoms with van der Waals surface area (Å²) in [6, 6.07) is 22.2.